The van der Waals surface area contributed by atoms with Crippen LogP contribution in [0.3, 0.4) is 0 Å². The van der Waals surface area contributed by atoms with Gasteiger partial charge in [0.05, 0.1) is 64.0 Å². The summed E-state index contributed by atoms with van der Waals surface area (Å²) in [5.74, 6) is -4.01. The first-order valence-electron chi connectivity index (χ1n) is 20.1. The lowest BCUT2D eigenvalue weighted by molar-refractivity contribution is -0.341. The fraction of sp³-hybridized carbons (Fsp3) is 0.600. The van der Waals surface area contributed by atoms with Gasteiger partial charge in [-0.2, -0.15) is 0 Å². The van der Waals surface area contributed by atoms with Crippen LogP contribution in [0.15, 0.2) is 66.2 Å². The molecule has 12 nitrogen and oxygen atoms in total. The van der Waals surface area contributed by atoms with E-state index in [1.807, 2.05) is 75.4 Å². The molecule has 0 bridgehead atoms. The summed E-state index contributed by atoms with van der Waals surface area (Å²) in [6.07, 6.45) is 5.05. The Morgan fingerprint density at radius 3 is 2.19 bits per heavy atom. The minimum atomic E-state index is -1.59. The number of carboxylic acids is 1. The molecule has 1 saturated heterocycles. The zero-order chi connectivity index (χ0) is 41.8. The zero-order valence-corrected chi connectivity index (χ0v) is 34.9. The summed E-state index contributed by atoms with van der Waals surface area (Å²) >= 11 is 0. The van der Waals surface area contributed by atoms with Crippen molar-refractivity contribution in [2.75, 3.05) is 27.9 Å². The zero-order valence-electron chi connectivity index (χ0n) is 34.9. The maximum absolute atomic E-state index is 13.7. The summed E-state index contributed by atoms with van der Waals surface area (Å²) in [7, 11) is 4.39. The number of methoxy groups -OCH3 is 3. The lowest BCUT2D eigenvalue weighted by Crippen LogP contribution is -2.61. The summed E-state index contributed by atoms with van der Waals surface area (Å²) < 4.78 is 42.5. The largest absolute Gasteiger partial charge is 0.497 e. The van der Waals surface area contributed by atoms with E-state index < -0.39 is 53.3 Å². The molecule has 1 unspecified atom stereocenters. The van der Waals surface area contributed by atoms with Crippen molar-refractivity contribution in [1.29, 1.82) is 0 Å². The average Bonchev–Trinajstić information content (AvgIpc) is 3.20. The van der Waals surface area contributed by atoms with E-state index in [-0.39, 0.29) is 44.7 Å². The maximum atomic E-state index is 13.7. The molecule has 57 heavy (non-hydrogen) atoms. The van der Waals surface area contributed by atoms with Gasteiger partial charge in [-0.1, -0.05) is 94.5 Å². The first kappa shape index (κ1) is 47.3. The third-order valence-electron chi connectivity index (χ3n) is 10.6. The smallest absolute Gasteiger partial charge is 0.330 e. The Labute approximate surface area is 338 Å². The fourth-order valence-corrected chi connectivity index (χ4v) is 7.27. The van der Waals surface area contributed by atoms with E-state index in [0.29, 0.717) is 25.0 Å². The molecule has 5 atom stereocenters. The summed E-state index contributed by atoms with van der Waals surface area (Å²) in [5.41, 5.74) is 1.43. The molecule has 0 saturated carbocycles. The molecule has 0 aromatic heterocycles. The van der Waals surface area contributed by atoms with E-state index in [0.717, 1.165) is 49.0 Å². The SMILES string of the molecule is CCCCCCCC(=O)C[C@H]1/C(=C/C(=O)OC)C[C@@H](CC(OCc2ccc(OC)cc2)[C@H](C)OCc2ccccc2)O[C@@]1(OC)C(C)(C)COC(=O)CCC(=O)O. The van der Waals surface area contributed by atoms with E-state index >= 15 is 0 Å². The molecule has 2 aromatic rings. The number of ether oxygens (including phenoxy) is 7. The number of benzene rings is 2. The molecule has 0 spiro atoms. The van der Waals surface area contributed by atoms with Gasteiger partial charge in [0, 0.05) is 38.4 Å². The molecular weight excluding hydrogens is 732 g/mol. The van der Waals surface area contributed by atoms with E-state index in [9.17, 15) is 19.2 Å². The van der Waals surface area contributed by atoms with E-state index in [4.69, 9.17) is 38.3 Å². The maximum Gasteiger partial charge on any atom is 0.330 e. The minimum absolute atomic E-state index is 0.00590. The predicted octanol–water partition coefficient (Wildman–Crippen LogP) is 8.18. The second-order valence-corrected chi connectivity index (χ2v) is 15.4. The number of carbonyl (C=O) groups excluding carboxylic acids is 3. The van der Waals surface area contributed by atoms with Gasteiger partial charge in [0.2, 0.25) is 0 Å². The fourth-order valence-electron chi connectivity index (χ4n) is 7.27. The van der Waals surface area contributed by atoms with Gasteiger partial charge in [0.1, 0.15) is 18.1 Å². The quantitative estimate of drug-likeness (QED) is 0.0555. The van der Waals surface area contributed by atoms with Crippen LogP contribution in [0.4, 0.5) is 0 Å². The Kier molecular flexibility index (Phi) is 19.9. The van der Waals surface area contributed by atoms with Gasteiger partial charge in [-0.15, -0.1) is 0 Å². The van der Waals surface area contributed by atoms with Gasteiger partial charge in [-0.3, -0.25) is 14.4 Å². The number of rotatable bonds is 26. The van der Waals surface area contributed by atoms with Crippen LogP contribution >= 0.6 is 0 Å². The van der Waals surface area contributed by atoms with Crippen molar-refractivity contribution in [3.8, 4) is 5.75 Å². The summed E-state index contributed by atoms with van der Waals surface area (Å²) in [4.78, 5) is 50.6. The highest BCUT2D eigenvalue weighted by atomic mass is 16.7. The number of carbonyl (C=O) groups is 4. The van der Waals surface area contributed by atoms with E-state index in [1.165, 1.54) is 20.3 Å². The average molecular weight is 797 g/mol. The molecule has 0 aliphatic carbocycles. The van der Waals surface area contributed by atoms with Crippen LogP contribution in [0.5, 0.6) is 5.75 Å². The summed E-state index contributed by atoms with van der Waals surface area (Å²) in [5, 5.41) is 9.13. The highest BCUT2D eigenvalue weighted by molar-refractivity contribution is 5.84. The van der Waals surface area contributed by atoms with Crippen LogP contribution in [0.2, 0.25) is 0 Å². The lowest BCUT2D eigenvalue weighted by Gasteiger charge is -2.54. The molecule has 1 heterocycles. The van der Waals surface area contributed by atoms with Crippen LogP contribution in [0, 0.1) is 11.3 Å². The number of esters is 2. The van der Waals surface area contributed by atoms with Crippen LogP contribution in [0.1, 0.15) is 109 Å². The van der Waals surface area contributed by atoms with Crippen molar-refractivity contribution < 1.29 is 57.4 Å². The first-order valence-corrected chi connectivity index (χ1v) is 20.1. The topological polar surface area (TPSA) is 153 Å². The molecule has 1 aliphatic rings. The van der Waals surface area contributed by atoms with Crippen molar-refractivity contribution >= 4 is 23.7 Å². The molecule has 0 radical (unpaired) electrons. The number of hydrogen-bond acceptors (Lipinski definition) is 11. The van der Waals surface area contributed by atoms with Crippen LogP contribution in [0.25, 0.3) is 0 Å². The second kappa shape index (κ2) is 24.0. The molecule has 316 valence electrons. The monoisotopic (exact) mass is 796 g/mol. The number of ketones is 1. The van der Waals surface area contributed by atoms with E-state index in [1.54, 1.807) is 7.11 Å². The van der Waals surface area contributed by atoms with Crippen LogP contribution in [-0.2, 0) is 60.8 Å². The van der Waals surface area contributed by atoms with Gasteiger partial charge in [0.15, 0.2) is 5.79 Å². The molecule has 0 amide bonds. The molecule has 3 rings (SSSR count). The van der Waals surface area contributed by atoms with Crippen molar-refractivity contribution in [3.63, 3.8) is 0 Å². The number of Topliss-reactive ketones (excluding diaryl/α,β-unsaturated/α-hetero) is 1. The Hall–Kier alpha value is -4.10. The van der Waals surface area contributed by atoms with Crippen molar-refractivity contribution in [2.24, 2.45) is 11.3 Å². The van der Waals surface area contributed by atoms with Crippen molar-refractivity contribution in [2.45, 2.75) is 136 Å². The number of unbranched alkanes of at least 4 members (excludes halogenated alkanes) is 4. The van der Waals surface area contributed by atoms with Crippen LogP contribution < -0.4 is 4.74 Å². The number of hydrogen-bond donors (Lipinski definition) is 1. The van der Waals surface area contributed by atoms with Crippen molar-refractivity contribution in [3.05, 3.63) is 77.4 Å². The molecule has 1 aliphatic heterocycles. The van der Waals surface area contributed by atoms with E-state index in [2.05, 4.69) is 6.92 Å². The molecule has 1 N–H and O–H groups in total. The summed E-state index contributed by atoms with van der Waals surface area (Å²) in [6, 6.07) is 17.4. The highest BCUT2D eigenvalue weighted by Crippen LogP contribution is 2.51. The third-order valence-corrected chi connectivity index (χ3v) is 10.6. The van der Waals surface area contributed by atoms with Gasteiger partial charge < -0.3 is 38.3 Å². The normalized spacial score (nSPS) is 20.1. The van der Waals surface area contributed by atoms with Crippen molar-refractivity contribution in [1.82, 2.24) is 0 Å². The molecule has 1 fully saturated rings. The first-order chi connectivity index (χ1) is 27.3. The molecule has 12 heteroatoms. The predicted molar refractivity (Wildman–Crippen MR) is 214 cm³/mol. The van der Waals surface area contributed by atoms with Gasteiger partial charge in [0.25, 0.3) is 0 Å². The Balaban J connectivity index is 2.02. The Bertz CT molecular complexity index is 1570. The second-order valence-electron chi connectivity index (χ2n) is 15.4. The Morgan fingerprint density at radius 1 is 0.895 bits per heavy atom. The number of carboxylic acid groups (broad SMARTS) is 1. The third kappa shape index (κ3) is 15.0. The van der Waals surface area contributed by atoms with Gasteiger partial charge in [-0.05, 0) is 43.0 Å². The summed E-state index contributed by atoms with van der Waals surface area (Å²) in [6.45, 7) is 8.12. The molecule has 2 aromatic carbocycles. The highest BCUT2D eigenvalue weighted by Gasteiger charge is 2.58. The van der Waals surface area contributed by atoms with Gasteiger partial charge >= 0.3 is 17.9 Å². The lowest BCUT2D eigenvalue weighted by atomic mass is 9.68. The number of aliphatic carboxylic acids is 1. The van der Waals surface area contributed by atoms with Gasteiger partial charge in [-0.25, -0.2) is 4.79 Å². The standard InChI is InChI=1S/C45H64O12/c1-8-9-10-11-15-18-36(46)27-39-35(26-43(50)52-6)25-38(57-45(39,53-7)44(3,4)31-56-42(49)24-23-41(47)48)28-40(32(2)54-29-33-16-13-12-14-17-33)55-30-34-19-21-37(51-5)22-20-34/h12-14,16-17,19-22,26,32,38-40H,8-11,15,18,23-25,27-31H2,1-7H3,(H,47,48)/b35-26+/t32-,38-,39-,40?,45+/m0/s1. The molecular formula is C45H64O12. The van der Waals surface area contributed by atoms with Crippen LogP contribution in [-0.4, -0.2) is 80.8 Å². The minimum Gasteiger partial charge on any atom is -0.497 e. The Morgan fingerprint density at radius 2 is 1.56 bits per heavy atom.